The zero-order valence-corrected chi connectivity index (χ0v) is 11.1. The lowest BCUT2D eigenvalue weighted by molar-refractivity contribution is 0.191. The molecule has 0 aromatic carbocycles. The van der Waals surface area contributed by atoms with Crippen LogP contribution in [0.5, 0.6) is 0 Å². The van der Waals surface area contributed by atoms with Crippen LogP contribution in [0.3, 0.4) is 0 Å². The second-order valence-corrected chi connectivity index (χ2v) is 5.52. The summed E-state index contributed by atoms with van der Waals surface area (Å²) in [5, 5.41) is 12.6. The van der Waals surface area contributed by atoms with E-state index in [1.807, 2.05) is 0 Å². The monoisotopic (exact) mass is 215 g/mol. The van der Waals surface area contributed by atoms with Crippen LogP contribution in [0.25, 0.3) is 0 Å². The van der Waals surface area contributed by atoms with Gasteiger partial charge in [-0.05, 0) is 24.3 Å². The van der Waals surface area contributed by atoms with Gasteiger partial charge in [0.2, 0.25) is 0 Å². The topological polar surface area (TPSA) is 32.3 Å². The highest BCUT2D eigenvalue weighted by atomic mass is 16.3. The van der Waals surface area contributed by atoms with Gasteiger partial charge in [0, 0.05) is 12.6 Å². The summed E-state index contributed by atoms with van der Waals surface area (Å²) >= 11 is 0. The molecule has 0 aromatic heterocycles. The fourth-order valence-corrected chi connectivity index (χ4v) is 1.86. The summed E-state index contributed by atoms with van der Waals surface area (Å²) < 4.78 is 0. The molecule has 0 bridgehead atoms. The second-order valence-electron chi connectivity index (χ2n) is 5.52. The van der Waals surface area contributed by atoms with Crippen molar-refractivity contribution in [1.29, 1.82) is 0 Å². The quantitative estimate of drug-likeness (QED) is 0.684. The van der Waals surface area contributed by atoms with Crippen LogP contribution in [0.2, 0.25) is 0 Å². The van der Waals surface area contributed by atoms with Gasteiger partial charge in [-0.3, -0.25) is 0 Å². The lowest BCUT2D eigenvalue weighted by atomic mass is 9.84. The van der Waals surface area contributed by atoms with Crippen LogP contribution in [0.4, 0.5) is 0 Å². The molecule has 92 valence electrons. The highest BCUT2D eigenvalue weighted by Gasteiger charge is 2.23. The molecule has 1 atom stereocenters. The predicted molar refractivity (Wildman–Crippen MR) is 67.0 cm³/mol. The fraction of sp³-hybridized carbons (Fsp3) is 1.00. The first-order chi connectivity index (χ1) is 6.95. The Morgan fingerprint density at radius 1 is 1.13 bits per heavy atom. The molecule has 0 aromatic rings. The molecule has 0 heterocycles. The first-order valence-electron chi connectivity index (χ1n) is 6.29. The van der Waals surface area contributed by atoms with E-state index in [0.717, 1.165) is 18.9 Å². The minimum atomic E-state index is 0.231. The molecular formula is C13H29NO. The van der Waals surface area contributed by atoms with Crippen molar-refractivity contribution >= 4 is 0 Å². The van der Waals surface area contributed by atoms with E-state index < -0.39 is 0 Å². The van der Waals surface area contributed by atoms with Crippen molar-refractivity contribution in [2.45, 2.75) is 59.9 Å². The third kappa shape index (κ3) is 6.16. The van der Waals surface area contributed by atoms with Crippen molar-refractivity contribution in [1.82, 2.24) is 5.32 Å². The van der Waals surface area contributed by atoms with Crippen LogP contribution < -0.4 is 5.32 Å². The van der Waals surface area contributed by atoms with Gasteiger partial charge in [0.25, 0.3) is 0 Å². The number of hydrogen-bond acceptors (Lipinski definition) is 2. The Kier molecular flexibility index (Phi) is 7.20. The van der Waals surface area contributed by atoms with Crippen molar-refractivity contribution in [3.05, 3.63) is 0 Å². The largest absolute Gasteiger partial charge is 0.396 e. The van der Waals surface area contributed by atoms with Crippen molar-refractivity contribution in [3.8, 4) is 0 Å². The number of rotatable bonds is 7. The maximum atomic E-state index is 9.04. The highest BCUT2D eigenvalue weighted by Crippen LogP contribution is 2.22. The predicted octanol–water partition coefficient (Wildman–Crippen LogP) is 2.81. The van der Waals surface area contributed by atoms with Crippen molar-refractivity contribution in [2.24, 2.45) is 11.3 Å². The molecule has 0 spiro atoms. The first kappa shape index (κ1) is 14.9. The van der Waals surface area contributed by atoms with Gasteiger partial charge in [-0.2, -0.15) is 0 Å². The molecule has 0 saturated carbocycles. The molecule has 2 nitrogen and oxygen atoms in total. The average Bonchev–Trinajstić information content (AvgIpc) is 2.16. The molecule has 0 fully saturated rings. The molecule has 0 aliphatic heterocycles. The molecular weight excluding hydrogens is 186 g/mol. The van der Waals surface area contributed by atoms with Gasteiger partial charge < -0.3 is 10.4 Å². The minimum absolute atomic E-state index is 0.231. The van der Waals surface area contributed by atoms with Gasteiger partial charge in [0.15, 0.2) is 0 Å². The van der Waals surface area contributed by atoms with E-state index in [1.54, 1.807) is 0 Å². The Morgan fingerprint density at radius 2 is 1.67 bits per heavy atom. The van der Waals surface area contributed by atoms with E-state index in [9.17, 15) is 0 Å². The summed E-state index contributed by atoms with van der Waals surface area (Å²) in [6.07, 6.45) is 3.32. The normalized spacial score (nSPS) is 14.6. The molecule has 0 radical (unpaired) electrons. The SMILES string of the molecule is CCC(CC)CNC(CCO)C(C)(C)C. The number of hydrogen-bond donors (Lipinski definition) is 2. The number of aliphatic hydroxyl groups excluding tert-OH is 1. The number of aliphatic hydroxyl groups is 1. The van der Waals surface area contributed by atoms with Crippen molar-refractivity contribution < 1.29 is 5.11 Å². The molecule has 0 amide bonds. The zero-order chi connectivity index (χ0) is 11.9. The first-order valence-corrected chi connectivity index (χ1v) is 6.29. The van der Waals surface area contributed by atoms with Gasteiger partial charge in [0.1, 0.15) is 0 Å². The zero-order valence-electron chi connectivity index (χ0n) is 11.1. The Hall–Kier alpha value is -0.0800. The summed E-state index contributed by atoms with van der Waals surface area (Å²) in [5.74, 6) is 0.772. The van der Waals surface area contributed by atoms with Crippen molar-refractivity contribution in [3.63, 3.8) is 0 Å². The molecule has 15 heavy (non-hydrogen) atoms. The Morgan fingerprint density at radius 3 is 2.00 bits per heavy atom. The van der Waals surface area contributed by atoms with E-state index in [-0.39, 0.29) is 12.0 Å². The number of nitrogens with one attached hydrogen (secondary N) is 1. The van der Waals surface area contributed by atoms with Crippen LogP contribution >= 0.6 is 0 Å². The fourth-order valence-electron chi connectivity index (χ4n) is 1.86. The van der Waals surface area contributed by atoms with Crippen LogP contribution in [-0.2, 0) is 0 Å². The molecule has 2 N–H and O–H groups in total. The summed E-state index contributed by atoms with van der Waals surface area (Å²) in [5.41, 5.74) is 0.231. The third-order valence-corrected chi connectivity index (χ3v) is 3.27. The van der Waals surface area contributed by atoms with Crippen LogP contribution in [0, 0.1) is 11.3 Å². The Bertz CT molecular complexity index is 147. The van der Waals surface area contributed by atoms with Gasteiger partial charge >= 0.3 is 0 Å². The smallest absolute Gasteiger partial charge is 0.0446 e. The van der Waals surface area contributed by atoms with Crippen LogP contribution in [-0.4, -0.2) is 24.3 Å². The highest BCUT2D eigenvalue weighted by molar-refractivity contribution is 4.80. The molecule has 2 heteroatoms. The molecule has 0 aliphatic carbocycles. The van der Waals surface area contributed by atoms with Crippen LogP contribution in [0.15, 0.2) is 0 Å². The van der Waals surface area contributed by atoms with Gasteiger partial charge in [0.05, 0.1) is 0 Å². The average molecular weight is 215 g/mol. The van der Waals surface area contributed by atoms with E-state index in [1.165, 1.54) is 12.8 Å². The second kappa shape index (κ2) is 7.24. The van der Waals surface area contributed by atoms with Crippen molar-refractivity contribution in [2.75, 3.05) is 13.2 Å². The lowest BCUT2D eigenvalue weighted by Crippen LogP contribution is -2.43. The van der Waals surface area contributed by atoms with E-state index in [0.29, 0.717) is 6.04 Å². The summed E-state index contributed by atoms with van der Waals surface area (Å²) in [6.45, 7) is 12.5. The Balaban J connectivity index is 4.06. The maximum Gasteiger partial charge on any atom is 0.0446 e. The minimum Gasteiger partial charge on any atom is -0.396 e. The summed E-state index contributed by atoms with van der Waals surface area (Å²) in [7, 11) is 0. The molecule has 1 unspecified atom stereocenters. The molecule has 0 saturated heterocycles. The van der Waals surface area contributed by atoms with Gasteiger partial charge in [-0.25, -0.2) is 0 Å². The molecule has 0 aliphatic rings. The molecule has 0 rings (SSSR count). The third-order valence-electron chi connectivity index (χ3n) is 3.27. The van der Waals surface area contributed by atoms with Crippen LogP contribution in [0.1, 0.15) is 53.9 Å². The van der Waals surface area contributed by atoms with E-state index >= 15 is 0 Å². The summed E-state index contributed by atoms with van der Waals surface area (Å²) in [6, 6.07) is 0.420. The van der Waals surface area contributed by atoms with Gasteiger partial charge in [-0.15, -0.1) is 0 Å². The van der Waals surface area contributed by atoms with E-state index in [4.69, 9.17) is 5.11 Å². The van der Waals surface area contributed by atoms with Gasteiger partial charge in [-0.1, -0.05) is 47.5 Å². The maximum absolute atomic E-state index is 9.04. The summed E-state index contributed by atoms with van der Waals surface area (Å²) in [4.78, 5) is 0. The van der Waals surface area contributed by atoms with E-state index in [2.05, 4.69) is 39.9 Å². The standard InChI is InChI=1S/C13H29NO/c1-6-11(7-2)10-14-12(8-9-15)13(3,4)5/h11-12,14-15H,6-10H2,1-5H3. The lowest BCUT2D eigenvalue weighted by Gasteiger charge is -2.32. The Labute approximate surface area is 95.5 Å².